The van der Waals surface area contributed by atoms with E-state index in [2.05, 4.69) is 80.6 Å². The second-order valence-electron chi connectivity index (χ2n) is 10.8. The van der Waals surface area contributed by atoms with E-state index < -0.39 is 0 Å². The third-order valence-electron chi connectivity index (χ3n) is 8.67. The van der Waals surface area contributed by atoms with Crippen LogP contribution in [-0.4, -0.2) is 0 Å². The first-order valence-corrected chi connectivity index (χ1v) is 13.5. The van der Waals surface area contributed by atoms with Crippen molar-refractivity contribution < 1.29 is 0 Å². The van der Waals surface area contributed by atoms with Gasteiger partial charge >= 0.3 is 0 Å². The minimum absolute atomic E-state index is 0.579. The molecule has 0 amide bonds. The summed E-state index contributed by atoms with van der Waals surface area (Å²) in [6, 6.07) is 20.6. The summed E-state index contributed by atoms with van der Waals surface area (Å²) in [5.41, 5.74) is 4.51. The lowest BCUT2D eigenvalue weighted by Gasteiger charge is -2.38. The van der Waals surface area contributed by atoms with Gasteiger partial charge in [-0.3, -0.25) is 0 Å². The third-order valence-corrected chi connectivity index (χ3v) is 8.67. The lowest BCUT2D eigenvalue weighted by molar-refractivity contribution is 0.157. The van der Waals surface area contributed by atoms with Gasteiger partial charge in [-0.1, -0.05) is 86.5 Å². The molecule has 0 spiro atoms. The van der Waals surface area contributed by atoms with E-state index in [4.69, 9.17) is 0 Å². The van der Waals surface area contributed by atoms with Crippen LogP contribution < -0.4 is 0 Å². The molecule has 0 radical (unpaired) electrons. The molecule has 1 atom stereocenters. The highest BCUT2D eigenvalue weighted by molar-refractivity contribution is 5.28. The molecule has 32 heavy (non-hydrogen) atoms. The van der Waals surface area contributed by atoms with Gasteiger partial charge in [-0.05, 0) is 111 Å². The number of hydrogen-bond donors (Lipinski definition) is 0. The summed E-state index contributed by atoms with van der Waals surface area (Å²) in [7, 11) is 0. The largest absolute Gasteiger partial charge is 0.0917 e. The lowest BCUT2D eigenvalue weighted by Crippen LogP contribution is -2.25. The molecule has 2 fully saturated rings. The van der Waals surface area contributed by atoms with Crippen molar-refractivity contribution in [3.8, 4) is 0 Å². The molecule has 2 saturated carbocycles. The van der Waals surface area contributed by atoms with Crippen LogP contribution in [0.1, 0.15) is 107 Å². The van der Waals surface area contributed by atoms with Gasteiger partial charge in [-0.15, -0.1) is 0 Å². The van der Waals surface area contributed by atoms with Gasteiger partial charge in [0.15, 0.2) is 0 Å². The van der Waals surface area contributed by atoms with E-state index in [-0.39, 0.29) is 0 Å². The van der Waals surface area contributed by atoms with Crippen molar-refractivity contribution in [2.24, 2.45) is 17.8 Å². The Labute approximate surface area is 197 Å². The van der Waals surface area contributed by atoms with Gasteiger partial charge in [0.05, 0.1) is 0 Å². The van der Waals surface area contributed by atoms with Gasteiger partial charge in [-0.2, -0.15) is 0 Å². The van der Waals surface area contributed by atoms with Gasteiger partial charge in [0.1, 0.15) is 0 Å². The van der Waals surface area contributed by atoms with E-state index in [0.717, 1.165) is 30.1 Å². The summed E-state index contributed by atoms with van der Waals surface area (Å²) in [4.78, 5) is 0. The molecular formula is C32H44. The smallest absolute Gasteiger partial charge is 0.0150 e. The molecule has 0 unspecified atom stereocenters. The van der Waals surface area contributed by atoms with Gasteiger partial charge in [-0.25, -0.2) is 0 Å². The second-order valence-corrected chi connectivity index (χ2v) is 10.8. The van der Waals surface area contributed by atoms with Crippen LogP contribution in [0.5, 0.6) is 0 Å². The molecule has 0 N–H and O–H groups in total. The van der Waals surface area contributed by atoms with Crippen LogP contribution in [0, 0.1) is 17.8 Å². The van der Waals surface area contributed by atoms with Crippen LogP contribution >= 0.6 is 0 Å². The predicted octanol–water partition coefficient (Wildman–Crippen LogP) is 9.47. The van der Waals surface area contributed by atoms with Crippen LogP contribution in [0.2, 0.25) is 0 Å². The predicted molar refractivity (Wildman–Crippen MR) is 139 cm³/mol. The molecule has 0 bridgehead atoms. The number of hydrogen-bond acceptors (Lipinski definition) is 0. The molecule has 2 aromatic rings. The van der Waals surface area contributed by atoms with E-state index >= 15 is 0 Å². The Hall–Kier alpha value is -1.82. The van der Waals surface area contributed by atoms with Gasteiger partial charge in [0.2, 0.25) is 0 Å². The monoisotopic (exact) mass is 428 g/mol. The lowest BCUT2D eigenvalue weighted by atomic mass is 9.68. The van der Waals surface area contributed by atoms with Gasteiger partial charge in [0, 0.05) is 0 Å². The van der Waals surface area contributed by atoms with Gasteiger partial charge in [0.25, 0.3) is 0 Å². The fourth-order valence-corrected chi connectivity index (χ4v) is 6.55. The highest BCUT2D eigenvalue weighted by Gasteiger charge is 2.31. The van der Waals surface area contributed by atoms with E-state index in [1.165, 1.54) is 75.3 Å². The average molecular weight is 429 g/mol. The number of allylic oxidation sites excluding steroid dienone is 2. The molecule has 2 aromatic carbocycles. The molecular weight excluding hydrogens is 384 g/mol. The normalized spacial score (nSPS) is 27.4. The van der Waals surface area contributed by atoms with Crippen LogP contribution in [0.3, 0.4) is 0 Å². The standard InChI is InChI=1S/C32H44/c1-3-4-6-9-26-12-16-29(17-13-26)31-20-22-32(23-21-31)30-18-14-27(15-19-30)24-25(2)28-10-7-5-8-11-28/h3-5,7-8,10-11,14-15,18-19,25-26,29,31-32H,6,9,12-13,16-17,20-24H2,1-2H3/t25-,26?,29?,31?,32?/m0/s1. The van der Waals surface area contributed by atoms with Crippen molar-refractivity contribution in [2.75, 3.05) is 0 Å². The molecule has 0 aromatic heterocycles. The van der Waals surface area contributed by atoms with Crippen molar-refractivity contribution in [1.29, 1.82) is 0 Å². The molecule has 2 aliphatic carbocycles. The molecule has 2 aliphatic rings. The maximum absolute atomic E-state index is 2.44. The molecule has 4 rings (SSSR count). The fourth-order valence-electron chi connectivity index (χ4n) is 6.55. The summed E-state index contributed by atoms with van der Waals surface area (Å²) in [5, 5.41) is 0. The molecule has 172 valence electrons. The maximum Gasteiger partial charge on any atom is -0.0150 e. The first kappa shape index (κ1) is 23.3. The Balaban J connectivity index is 1.21. The zero-order chi connectivity index (χ0) is 22.2. The van der Waals surface area contributed by atoms with Crippen molar-refractivity contribution >= 4 is 0 Å². The molecule has 0 saturated heterocycles. The van der Waals surface area contributed by atoms with Gasteiger partial charge < -0.3 is 0 Å². The summed E-state index contributed by atoms with van der Waals surface area (Å²) >= 11 is 0. The highest BCUT2D eigenvalue weighted by atomic mass is 14.4. The van der Waals surface area contributed by atoms with Crippen LogP contribution in [0.15, 0.2) is 66.7 Å². The average Bonchev–Trinajstić information content (AvgIpc) is 2.86. The Bertz CT molecular complexity index is 799. The summed E-state index contributed by atoms with van der Waals surface area (Å²) in [6.07, 6.45) is 20.1. The van der Waals surface area contributed by atoms with Crippen molar-refractivity contribution in [3.05, 3.63) is 83.4 Å². The van der Waals surface area contributed by atoms with Crippen LogP contribution in [0.25, 0.3) is 0 Å². The minimum atomic E-state index is 0.579. The van der Waals surface area contributed by atoms with Crippen molar-refractivity contribution in [1.82, 2.24) is 0 Å². The summed E-state index contributed by atoms with van der Waals surface area (Å²) in [6.45, 7) is 4.49. The van der Waals surface area contributed by atoms with Crippen molar-refractivity contribution in [3.63, 3.8) is 0 Å². The number of benzene rings is 2. The zero-order valence-corrected chi connectivity index (χ0v) is 20.5. The Morgan fingerprint density at radius 3 is 2.03 bits per heavy atom. The summed E-state index contributed by atoms with van der Waals surface area (Å²) < 4.78 is 0. The van der Waals surface area contributed by atoms with E-state index in [0.29, 0.717) is 5.92 Å². The zero-order valence-electron chi connectivity index (χ0n) is 20.5. The Morgan fingerprint density at radius 1 is 0.781 bits per heavy atom. The Kier molecular flexibility index (Phi) is 8.66. The summed E-state index contributed by atoms with van der Waals surface area (Å²) in [5.74, 6) is 4.41. The van der Waals surface area contributed by atoms with E-state index in [1.807, 2.05) is 0 Å². The second kappa shape index (κ2) is 11.9. The molecule has 0 heterocycles. The molecule has 0 aliphatic heterocycles. The van der Waals surface area contributed by atoms with Crippen LogP contribution in [-0.2, 0) is 6.42 Å². The topological polar surface area (TPSA) is 0 Å². The number of rotatable bonds is 8. The third kappa shape index (κ3) is 6.37. The quantitative estimate of drug-likeness (QED) is 0.367. The minimum Gasteiger partial charge on any atom is -0.0917 e. The van der Waals surface area contributed by atoms with Crippen LogP contribution in [0.4, 0.5) is 0 Å². The fraction of sp³-hybridized carbons (Fsp3) is 0.562. The Morgan fingerprint density at radius 2 is 1.41 bits per heavy atom. The molecule has 0 nitrogen and oxygen atoms in total. The highest BCUT2D eigenvalue weighted by Crippen LogP contribution is 2.44. The first-order chi connectivity index (χ1) is 15.7. The maximum atomic E-state index is 2.44. The van der Waals surface area contributed by atoms with E-state index in [9.17, 15) is 0 Å². The van der Waals surface area contributed by atoms with E-state index in [1.54, 1.807) is 5.56 Å². The molecule has 0 heteroatoms. The SMILES string of the molecule is CC=CCCC1CCC(C2CCC(c3ccc(C[C@H](C)c4ccccc4)cc3)CC2)CC1. The van der Waals surface area contributed by atoms with Crippen molar-refractivity contribution in [2.45, 2.75) is 96.3 Å². The first-order valence-electron chi connectivity index (χ1n) is 13.5.